The van der Waals surface area contributed by atoms with Crippen molar-refractivity contribution >= 4 is 21.7 Å². The minimum absolute atomic E-state index is 0.632. The van der Waals surface area contributed by atoms with Crippen LogP contribution in [0.5, 0.6) is 0 Å². The van der Waals surface area contributed by atoms with E-state index in [0.717, 1.165) is 15.8 Å². The molecular formula is C11H14BrN3. The maximum atomic E-state index is 4.20. The first-order valence-electron chi connectivity index (χ1n) is 5.50. The van der Waals surface area contributed by atoms with Crippen LogP contribution in [0.4, 0.5) is 5.82 Å². The fourth-order valence-electron chi connectivity index (χ4n) is 2.79. The molecule has 1 aromatic rings. The summed E-state index contributed by atoms with van der Waals surface area (Å²) < 4.78 is 0.845. The number of hydrogen-bond acceptors (Lipinski definition) is 3. The van der Waals surface area contributed by atoms with E-state index in [4.69, 9.17) is 0 Å². The predicted octanol–water partition coefficient (Wildman–Crippen LogP) is 2.98. The standard InChI is InChI=1S/C11H14BrN3/c12-9-4-10(14-7-13-9)15-8-5-11(6-8)2-1-3-11/h4,7-8H,1-3,5-6H2,(H,13,14,15). The highest BCUT2D eigenvalue weighted by Gasteiger charge is 2.48. The molecule has 0 amide bonds. The van der Waals surface area contributed by atoms with E-state index in [2.05, 4.69) is 31.2 Å². The summed E-state index contributed by atoms with van der Waals surface area (Å²) in [6.45, 7) is 0. The van der Waals surface area contributed by atoms with Crippen molar-refractivity contribution in [1.82, 2.24) is 9.97 Å². The Kier molecular flexibility index (Phi) is 2.20. The quantitative estimate of drug-likeness (QED) is 0.838. The summed E-state index contributed by atoms with van der Waals surface area (Å²) in [4.78, 5) is 8.21. The van der Waals surface area contributed by atoms with Crippen LogP contribution in [0, 0.1) is 5.41 Å². The molecule has 1 aromatic heterocycles. The third kappa shape index (κ3) is 1.75. The monoisotopic (exact) mass is 267 g/mol. The summed E-state index contributed by atoms with van der Waals surface area (Å²) in [5, 5.41) is 3.46. The van der Waals surface area contributed by atoms with Crippen LogP contribution in [0.3, 0.4) is 0 Å². The Bertz CT molecular complexity index is 368. The van der Waals surface area contributed by atoms with Gasteiger partial charge < -0.3 is 5.32 Å². The first-order chi connectivity index (χ1) is 7.26. The highest BCUT2D eigenvalue weighted by atomic mass is 79.9. The number of rotatable bonds is 2. The van der Waals surface area contributed by atoms with E-state index in [1.807, 2.05) is 6.07 Å². The molecule has 3 rings (SSSR count). The van der Waals surface area contributed by atoms with Gasteiger partial charge in [0.25, 0.3) is 0 Å². The lowest BCUT2D eigenvalue weighted by Gasteiger charge is -2.54. The highest BCUT2D eigenvalue weighted by molar-refractivity contribution is 9.10. The summed E-state index contributed by atoms with van der Waals surface area (Å²) >= 11 is 3.35. The van der Waals surface area contributed by atoms with Gasteiger partial charge in [0.15, 0.2) is 0 Å². The lowest BCUT2D eigenvalue weighted by Crippen LogP contribution is -2.49. The number of nitrogens with zero attached hydrogens (tertiary/aromatic N) is 2. The Balaban J connectivity index is 1.58. The zero-order valence-electron chi connectivity index (χ0n) is 8.54. The smallest absolute Gasteiger partial charge is 0.130 e. The molecule has 0 aliphatic heterocycles. The molecule has 2 fully saturated rings. The molecule has 80 valence electrons. The second kappa shape index (κ2) is 3.44. The second-order valence-corrected chi connectivity index (χ2v) is 5.64. The molecule has 0 unspecified atom stereocenters. The predicted molar refractivity (Wildman–Crippen MR) is 62.7 cm³/mol. The van der Waals surface area contributed by atoms with E-state index in [1.54, 1.807) is 6.33 Å². The summed E-state index contributed by atoms with van der Waals surface area (Å²) in [5.41, 5.74) is 0.724. The van der Waals surface area contributed by atoms with E-state index in [1.165, 1.54) is 32.1 Å². The minimum Gasteiger partial charge on any atom is -0.367 e. The van der Waals surface area contributed by atoms with Crippen LogP contribution in [0.2, 0.25) is 0 Å². The normalized spacial score (nSPS) is 23.3. The Morgan fingerprint density at radius 1 is 1.33 bits per heavy atom. The van der Waals surface area contributed by atoms with Crippen LogP contribution in [-0.4, -0.2) is 16.0 Å². The number of nitrogens with one attached hydrogen (secondary N) is 1. The van der Waals surface area contributed by atoms with Gasteiger partial charge in [0.2, 0.25) is 0 Å². The fraction of sp³-hybridized carbons (Fsp3) is 0.636. The lowest BCUT2D eigenvalue weighted by molar-refractivity contribution is 0.0191. The zero-order chi connectivity index (χ0) is 10.3. The molecule has 15 heavy (non-hydrogen) atoms. The number of halogens is 1. The first-order valence-corrected chi connectivity index (χ1v) is 6.29. The maximum Gasteiger partial charge on any atom is 0.130 e. The van der Waals surface area contributed by atoms with E-state index >= 15 is 0 Å². The molecule has 0 saturated heterocycles. The van der Waals surface area contributed by atoms with Crippen molar-refractivity contribution in [2.24, 2.45) is 5.41 Å². The van der Waals surface area contributed by atoms with Crippen molar-refractivity contribution < 1.29 is 0 Å². The Labute approximate surface area is 97.8 Å². The fourth-order valence-corrected chi connectivity index (χ4v) is 3.10. The van der Waals surface area contributed by atoms with Gasteiger partial charge in [-0.3, -0.25) is 0 Å². The van der Waals surface area contributed by atoms with Gasteiger partial charge in [-0.15, -0.1) is 0 Å². The Morgan fingerprint density at radius 3 is 2.73 bits per heavy atom. The number of aromatic nitrogens is 2. The maximum absolute atomic E-state index is 4.20. The van der Waals surface area contributed by atoms with Crippen molar-refractivity contribution in [1.29, 1.82) is 0 Å². The topological polar surface area (TPSA) is 37.8 Å². The summed E-state index contributed by atoms with van der Waals surface area (Å²) in [6.07, 6.45) is 8.57. The minimum atomic E-state index is 0.632. The van der Waals surface area contributed by atoms with E-state index < -0.39 is 0 Å². The summed E-state index contributed by atoms with van der Waals surface area (Å²) in [5.74, 6) is 0.941. The third-order valence-corrected chi connectivity index (χ3v) is 4.19. The van der Waals surface area contributed by atoms with E-state index in [9.17, 15) is 0 Å². The SMILES string of the molecule is Brc1cc(NC2CC3(CCC3)C2)ncn1. The molecule has 0 bridgehead atoms. The van der Waals surface area contributed by atoms with Gasteiger partial charge in [-0.2, -0.15) is 0 Å². The van der Waals surface area contributed by atoms with Gasteiger partial charge in [-0.05, 0) is 47.0 Å². The molecule has 0 radical (unpaired) electrons. The average Bonchev–Trinajstić information content (AvgIpc) is 2.07. The van der Waals surface area contributed by atoms with Crippen molar-refractivity contribution in [2.75, 3.05) is 5.32 Å². The van der Waals surface area contributed by atoms with Crippen LogP contribution < -0.4 is 5.32 Å². The third-order valence-electron chi connectivity index (χ3n) is 3.76. The Morgan fingerprint density at radius 2 is 2.13 bits per heavy atom. The van der Waals surface area contributed by atoms with Crippen molar-refractivity contribution in [3.8, 4) is 0 Å². The molecule has 1 heterocycles. The van der Waals surface area contributed by atoms with Gasteiger partial charge >= 0.3 is 0 Å². The summed E-state index contributed by atoms with van der Waals surface area (Å²) in [7, 11) is 0. The molecule has 0 atom stereocenters. The molecule has 2 aliphatic carbocycles. The van der Waals surface area contributed by atoms with Gasteiger partial charge in [-0.25, -0.2) is 9.97 Å². The van der Waals surface area contributed by atoms with Crippen LogP contribution in [0.1, 0.15) is 32.1 Å². The van der Waals surface area contributed by atoms with Crippen molar-refractivity contribution in [2.45, 2.75) is 38.1 Å². The Hall–Kier alpha value is -0.640. The van der Waals surface area contributed by atoms with Crippen molar-refractivity contribution in [3.63, 3.8) is 0 Å². The molecule has 0 aromatic carbocycles. The first kappa shape index (κ1) is 9.58. The van der Waals surface area contributed by atoms with Crippen molar-refractivity contribution in [3.05, 3.63) is 17.0 Å². The molecule has 2 saturated carbocycles. The second-order valence-electron chi connectivity index (χ2n) is 4.83. The molecular weight excluding hydrogens is 254 g/mol. The van der Waals surface area contributed by atoms with Gasteiger partial charge in [0.05, 0.1) is 0 Å². The van der Waals surface area contributed by atoms with Crippen LogP contribution >= 0.6 is 15.9 Å². The summed E-state index contributed by atoms with van der Waals surface area (Å²) in [6, 6.07) is 2.57. The van der Waals surface area contributed by atoms with Gasteiger partial charge in [0, 0.05) is 12.1 Å². The zero-order valence-corrected chi connectivity index (χ0v) is 10.1. The van der Waals surface area contributed by atoms with Crippen LogP contribution in [-0.2, 0) is 0 Å². The molecule has 4 heteroatoms. The highest BCUT2D eigenvalue weighted by Crippen LogP contribution is 2.56. The van der Waals surface area contributed by atoms with Gasteiger partial charge in [-0.1, -0.05) is 6.42 Å². The van der Waals surface area contributed by atoms with Gasteiger partial charge in [0.1, 0.15) is 16.7 Å². The lowest BCUT2D eigenvalue weighted by atomic mass is 9.54. The number of hydrogen-bond donors (Lipinski definition) is 1. The van der Waals surface area contributed by atoms with E-state index in [0.29, 0.717) is 6.04 Å². The molecule has 3 nitrogen and oxygen atoms in total. The molecule has 2 aliphatic rings. The van der Waals surface area contributed by atoms with Crippen LogP contribution in [0.25, 0.3) is 0 Å². The van der Waals surface area contributed by atoms with E-state index in [-0.39, 0.29) is 0 Å². The molecule has 1 N–H and O–H groups in total. The number of anilines is 1. The molecule has 1 spiro atoms. The average molecular weight is 268 g/mol. The van der Waals surface area contributed by atoms with Crippen LogP contribution in [0.15, 0.2) is 17.0 Å². The largest absolute Gasteiger partial charge is 0.367 e.